The zero-order valence-electron chi connectivity index (χ0n) is 9.71. The second-order valence-electron chi connectivity index (χ2n) is 2.36. The van der Waals surface area contributed by atoms with Gasteiger partial charge in [-0.25, -0.2) is 9.59 Å². The minimum absolute atomic E-state index is 0. The normalized spacial score (nSPS) is 11.1. The number of hydrogen-bond donors (Lipinski definition) is 3. The molecule has 0 saturated heterocycles. The molecule has 18 heavy (non-hydrogen) atoms. The summed E-state index contributed by atoms with van der Waals surface area (Å²) in [4.78, 5) is 21.1. The van der Waals surface area contributed by atoms with E-state index in [-0.39, 0.29) is 20.3 Å². The molecule has 0 saturated carbocycles. The molecule has 0 aliphatic carbocycles. The van der Waals surface area contributed by atoms with Crippen molar-refractivity contribution in [1.29, 1.82) is 0 Å². The SMILES string of the molecule is O=C(OB(O)O)C(=O)OS(=O)(=O)CS(=O)(=O)O.[H-].[Li+]. The fourth-order valence-electron chi connectivity index (χ4n) is 0.500. The quantitative estimate of drug-likeness (QED) is 0.194. The Bertz CT molecular complexity index is 510. The second-order valence-corrected chi connectivity index (χ2v) is 5.75. The van der Waals surface area contributed by atoms with Crippen LogP contribution in [-0.4, -0.2) is 55.8 Å². The van der Waals surface area contributed by atoms with Crippen LogP contribution < -0.4 is 18.9 Å². The fraction of sp³-hybridized carbons (Fsp3) is 0.333. The van der Waals surface area contributed by atoms with Gasteiger partial charge in [0.2, 0.25) is 5.08 Å². The molecule has 0 aromatic carbocycles. The number of carbonyl (C=O) groups is 2. The van der Waals surface area contributed by atoms with Gasteiger partial charge < -0.3 is 20.3 Å². The van der Waals surface area contributed by atoms with Gasteiger partial charge >= 0.3 is 48.2 Å². The van der Waals surface area contributed by atoms with E-state index in [1.807, 2.05) is 0 Å². The largest absolute Gasteiger partial charge is 1.00 e. The molecule has 0 heterocycles. The monoisotopic (exact) mass is 300 g/mol. The van der Waals surface area contributed by atoms with E-state index in [1.165, 1.54) is 0 Å². The molecule has 0 aliphatic rings. The van der Waals surface area contributed by atoms with Crippen LogP contribution in [0.5, 0.6) is 0 Å². The summed E-state index contributed by atoms with van der Waals surface area (Å²) in [6, 6.07) is 0. The third-order valence-corrected chi connectivity index (χ3v) is 3.63. The van der Waals surface area contributed by atoms with E-state index in [0.717, 1.165) is 0 Å². The Morgan fingerprint density at radius 2 is 1.56 bits per heavy atom. The molecule has 0 amide bonds. The van der Waals surface area contributed by atoms with Crippen LogP contribution in [0.4, 0.5) is 0 Å². The van der Waals surface area contributed by atoms with E-state index in [2.05, 4.69) is 8.84 Å². The molecule has 0 aromatic rings. The molecule has 0 atom stereocenters. The van der Waals surface area contributed by atoms with Crippen LogP contribution in [0.3, 0.4) is 0 Å². The van der Waals surface area contributed by atoms with Crippen molar-refractivity contribution < 1.29 is 70.2 Å². The third kappa shape index (κ3) is 9.42. The van der Waals surface area contributed by atoms with Crippen LogP contribution >= 0.6 is 0 Å². The van der Waals surface area contributed by atoms with Crippen molar-refractivity contribution in [1.82, 2.24) is 0 Å². The van der Waals surface area contributed by atoms with E-state index in [9.17, 15) is 26.4 Å². The van der Waals surface area contributed by atoms with Crippen LogP contribution in [0.2, 0.25) is 0 Å². The summed E-state index contributed by atoms with van der Waals surface area (Å²) in [6.07, 6.45) is 0. The Labute approximate surface area is 115 Å². The van der Waals surface area contributed by atoms with Gasteiger partial charge in [-0.15, -0.1) is 0 Å². The van der Waals surface area contributed by atoms with Crippen molar-refractivity contribution in [2.45, 2.75) is 0 Å². The predicted molar refractivity (Wildman–Crippen MR) is 48.8 cm³/mol. The molecule has 100 valence electrons. The van der Waals surface area contributed by atoms with Crippen LogP contribution in [0.25, 0.3) is 0 Å². The summed E-state index contributed by atoms with van der Waals surface area (Å²) in [7, 11) is -12.7. The Hall–Kier alpha value is -0.618. The first-order chi connectivity index (χ1) is 7.43. The molecule has 0 rings (SSSR count). The summed E-state index contributed by atoms with van der Waals surface area (Å²) < 4.78 is 56.7. The summed E-state index contributed by atoms with van der Waals surface area (Å²) in [5.41, 5.74) is 0. The molecule has 0 aliphatic heterocycles. The van der Waals surface area contributed by atoms with Crippen LogP contribution in [-0.2, 0) is 38.7 Å². The van der Waals surface area contributed by atoms with Crippen LogP contribution in [0.1, 0.15) is 1.43 Å². The maximum atomic E-state index is 10.7. The summed E-state index contributed by atoms with van der Waals surface area (Å²) in [5.74, 6) is -4.29. The van der Waals surface area contributed by atoms with E-state index >= 15 is 0 Å². The zero-order chi connectivity index (χ0) is 13.9. The predicted octanol–water partition coefficient (Wildman–Crippen LogP) is -6.67. The van der Waals surface area contributed by atoms with Gasteiger partial charge in [-0.05, 0) is 0 Å². The Balaban J connectivity index is -0.00000128. The summed E-state index contributed by atoms with van der Waals surface area (Å²) in [5, 5.41) is 14.2. The smallest absolute Gasteiger partial charge is 1.00 e. The van der Waals surface area contributed by atoms with Gasteiger partial charge in [0.25, 0.3) is 10.1 Å². The minimum Gasteiger partial charge on any atom is -1.00 e. The molecule has 0 radical (unpaired) electrons. The molecule has 0 fully saturated rings. The first-order valence-corrected chi connectivity index (χ1v) is 6.60. The fourth-order valence-corrected chi connectivity index (χ4v) is 2.45. The molecular formula is C3H6BLiO11S2. The Morgan fingerprint density at radius 3 is 1.89 bits per heavy atom. The van der Waals surface area contributed by atoms with E-state index in [0.29, 0.717) is 0 Å². The van der Waals surface area contributed by atoms with Gasteiger partial charge in [0.1, 0.15) is 0 Å². The molecule has 0 bridgehead atoms. The zero-order valence-corrected chi connectivity index (χ0v) is 10.3. The molecule has 0 spiro atoms. The molecule has 3 N–H and O–H groups in total. The van der Waals surface area contributed by atoms with Gasteiger partial charge in [-0.2, -0.15) is 16.8 Å². The average Bonchev–Trinajstić information content (AvgIpc) is 1.95. The van der Waals surface area contributed by atoms with Crippen molar-refractivity contribution in [2.24, 2.45) is 0 Å². The van der Waals surface area contributed by atoms with E-state index in [1.54, 1.807) is 0 Å². The maximum absolute atomic E-state index is 10.7. The van der Waals surface area contributed by atoms with Crippen molar-refractivity contribution >= 4 is 39.5 Å². The average molecular weight is 300 g/mol. The first kappa shape index (κ1) is 19.7. The minimum atomic E-state index is -5.07. The summed E-state index contributed by atoms with van der Waals surface area (Å²) in [6.45, 7) is 0. The van der Waals surface area contributed by atoms with Crippen LogP contribution in [0, 0.1) is 0 Å². The second kappa shape index (κ2) is 7.09. The molecular weight excluding hydrogens is 294 g/mol. The van der Waals surface area contributed by atoms with Crippen molar-refractivity contribution in [3.63, 3.8) is 0 Å². The first-order valence-electron chi connectivity index (χ1n) is 3.41. The molecule has 15 heteroatoms. The molecule has 0 unspecified atom stereocenters. The van der Waals surface area contributed by atoms with Crippen molar-refractivity contribution in [2.75, 3.05) is 5.08 Å². The third-order valence-electron chi connectivity index (χ3n) is 0.875. The van der Waals surface area contributed by atoms with E-state index in [4.69, 9.17) is 14.6 Å². The maximum Gasteiger partial charge on any atom is 1.00 e. The topological polar surface area (TPSA) is 182 Å². The number of carbonyl (C=O) groups excluding carboxylic acids is 2. The van der Waals surface area contributed by atoms with Crippen molar-refractivity contribution in [3.8, 4) is 0 Å². The Morgan fingerprint density at radius 1 is 1.11 bits per heavy atom. The molecule has 11 nitrogen and oxygen atoms in total. The van der Waals surface area contributed by atoms with Gasteiger partial charge in [0.05, 0.1) is 0 Å². The van der Waals surface area contributed by atoms with E-state index < -0.39 is 44.6 Å². The van der Waals surface area contributed by atoms with Crippen LogP contribution in [0.15, 0.2) is 0 Å². The number of hydrogen-bond acceptors (Lipinski definition) is 10. The van der Waals surface area contributed by atoms with Gasteiger partial charge in [0, 0.05) is 0 Å². The van der Waals surface area contributed by atoms with Crippen molar-refractivity contribution in [3.05, 3.63) is 0 Å². The van der Waals surface area contributed by atoms with Gasteiger partial charge in [0.15, 0.2) is 0 Å². The number of rotatable bonds is 4. The molecule has 0 aromatic heterocycles. The summed E-state index contributed by atoms with van der Waals surface area (Å²) >= 11 is 0. The van der Waals surface area contributed by atoms with Gasteiger partial charge in [-0.1, -0.05) is 0 Å². The Kier molecular flexibility index (Phi) is 7.77. The standard InChI is InChI=1S/C3H5BO11S2.Li.H/c5-2(14-4(7)8)3(6)15-17(12,13)1-16(9,10)11;;/h7-8H,1H2,(H,9,10,11);;/q;+1;-1. The van der Waals surface area contributed by atoms with Gasteiger partial charge in [-0.3, -0.25) is 4.55 Å².